The van der Waals surface area contributed by atoms with Crippen LogP contribution in [0.2, 0.25) is 5.02 Å². The second-order valence-electron chi connectivity index (χ2n) is 9.92. The normalized spacial score (nSPS) is 23.5. The van der Waals surface area contributed by atoms with Crippen LogP contribution in [0.5, 0.6) is 5.75 Å². The number of phenolic OH excluding ortho intramolecular Hbond substituents is 1. The van der Waals surface area contributed by atoms with E-state index in [1.165, 1.54) is 19.4 Å². The first kappa shape index (κ1) is 20.7. The molecule has 33 heavy (non-hydrogen) atoms. The topological polar surface area (TPSA) is 70.3 Å². The van der Waals surface area contributed by atoms with E-state index in [2.05, 4.69) is 39.9 Å². The van der Waals surface area contributed by atoms with Gasteiger partial charge in [-0.15, -0.1) is 0 Å². The fourth-order valence-electron chi connectivity index (χ4n) is 5.79. The zero-order valence-corrected chi connectivity index (χ0v) is 19.8. The van der Waals surface area contributed by atoms with E-state index < -0.39 is 0 Å². The van der Waals surface area contributed by atoms with Gasteiger partial charge in [0.15, 0.2) is 5.65 Å². The van der Waals surface area contributed by atoms with Crippen LogP contribution in [0.1, 0.15) is 19.8 Å². The summed E-state index contributed by atoms with van der Waals surface area (Å²) in [4.78, 5) is 14.4. The van der Waals surface area contributed by atoms with Crippen molar-refractivity contribution in [3.63, 3.8) is 0 Å². The molecule has 3 aromatic heterocycles. The zero-order chi connectivity index (χ0) is 22.9. The van der Waals surface area contributed by atoms with Crippen LogP contribution < -0.4 is 4.90 Å². The Bertz CT molecular complexity index is 1400. The van der Waals surface area contributed by atoms with Crippen LogP contribution in [0.15, 0.2) is 36.7 Å². The Morgan fingerprint density at radius 1 is 1.18 bits per heavy atom. The molecule has 2 atom stereocenters. The SMILES string of the molecule is CN1CCC[C@@]2(C)CN(c3cnc4nc(-c5cc6cn(C)nc6cc5O)cc(Cl)c4c3)C[C@@H]12. The molecule has 1 N–H and O–H groups in total. The molecule has 0 amide bonds. The monoisotopic (exact) mass is 462 g/mol. The van der Waals surface area contributed by atoms with Crippen molar-refractivity contribution in [2.75, 3.05) is 31.6 Å². The first-order valence-electron chi connectivity index (χ1n) is 11.4. The highest BCUT2D eigenvalue weighted by atomic mass is 35.5. The summed E-state index contributed by atoms with van der Waals surface area (Å²) in [6.07, 6.45) is 6.33. The second-order valence-corrected chi connectivity index (χ2v) is 10.3. The lowest BCUT2D eigenvalue weighted by atomic mass is 9.77. The molecule has 5 heterocycles. The smallest absolute Gasteiger partial charge is 0.161 e. The number of aromatic hydroxyl groups is 1. The van der Waals surface area contributed by atoms with Gasteiger partial charge in [-0.05, 0) is 44.6 Å². The Labute approximate surface area is 197 Å². The number of halogens is 1. The Kier molecular flexibility index (Phi) is 4.58. The Morgan fingerprint density at radius 2 is 2.03 bits per heavy atom. The molecule has 0 aliphatic carbocycles. The van der Waals surface area contributed by atoms with Gasteiger partial charge in [0.25, 0.3) is 0 Å². The van der Waals surface area contributed by atoms with Gasteiger partial charge in [-0.2, -0.15) is 5.10 Å². The number of piperidine rings is 1. The molecule has 0 spiro atoms. The summed E-state index contributed by atoms with van der Waals surface area (Å²) in [6, 6.07) is 8.02. The van der Waals surface area contributed by atoms with Crippen LogP contribution in [0, 0.1) is 5.41 Å². The van der Waals surface area contributed by atoms with Gasteiger partial charge in [0.2, 0.25) is 0 Å². The number of nitrogens with zero attached hydrogens (tertiary/aromatic N) is 6. The van der Waals surface area contributed by atoms with Crippen molar-refractivity contribution < 1.29 is 5.11 Å². The molecule has 0 saturated carbocycles. The molecule has 4 aromatic rings. The van der Waals surface area contributed by atoms with E-state index in [0.717, 1.165) is 35.1 Å². The summed E-state index contributed by atoms with van der Waals surface area (Å²) in [5.41, 5.74) is 3.91. The summed E-state index contributed by atoms with van der Waals surface area (Å²) in [6.45, 7) is 5.61. The third-order valence-electron chi connectivity index (χ3n) is 7.52. The molecule has 8 heteroatoms. The van der Waals surface area contributed by atoms with Gasteiger partial charge in [-0.25, -0.2) is 9.97 Å². The number of anilines is 1. The van der Waals surface area contributed by atoms with Gasteiger partial charge in [-0.1, -0.05) is 18.5 Å². The number of likely N-dealkylation sites (tertiary alicyclic amines) is 1. The minimum absolute atomic E-state index is 0.123. The average molecular weight is 463 g/mol. The lowest BCUT2D eigenvalue weighted by Crippen LogP contribution is -2.48. The van der Waals surface area contributed by atoms with E-state index in [-0.39, 0.29) is 5.75 Å². The molecule has 0 radical (unpaired) electrons. The third-order valence-corrected chi connectivity index (χ3v) is 7.83. The van der Waals surface area contributed by atoms with Gasteiger partial charge in [0, 0.05) is 60.2 Å². The number of phenols is 1. The van der Waals surface area contributed by atoms with Crippen LogP contribution in [0.25, 0.3) is 33.2 Å². The minimum Gasteiger partial charge on any atom is -0.507 e. The lowest BCUT2D eigenvalue weighted by Gasteiger charge is -2.41. The summed E-state index contributed by atoms with van der Waals surface area (Å²) in [7, 11) is 4.10. The number of hydrogen-bond donors (Lipinski definition) is 1. The fourth-order valence-corrected chi connectivity index (χ4v) is 6.04. The number of aryl methyl sites for hydroxylation is 1. The van der Waals surface area contributed by atoms with Crippen molar-refractivity contribution >= 4 is 39.2 Å². The summed E-state index contributed by atoms with van der Waals surface area (Å²) < 4.78 is 1.73. The molecule has 170 valence electrons. The quantitative estimate of drug-likeness (QED) is 0.474. The van der Waals surface area contributed by atoms with Crippen molar-refractivity contribution in [3.05, 3.63) is 41.7 Å². The molecule has 7 nitrogen and oxygen atoms in total. The van der Waals surface area contributed by atoms with Gasteiger partial charge in [-0.3, -0.25) is 4.68 Å². The predicted molar refractivity (Wildman–Crippen MR) is 132 cm³/mol. The van der Waals surface area contributed by atoms with E-state index in [0.29, 0.717) is 33.4 Å². The number of hydrogen-bond acceptors (Lipinski definition) is 6. The summed E-state index contributed by atoms with van der Waals surface area (Å²) in [5.74, 6) is 0.123. The van der Waals surface area contributed by atoms with E-state index in [9.17, 15) is 5.11 Å². The number of pyridine rings is 2. The number of rotatable bonds is 2. The molecule has 6 rings (SSSR count). The van der Waals surface area contributed by atoms with E-state index in [1.807, 2.05) is 31.6 Å². The highest BCUT2D eigenvalue weighted by Crippen LogP contribution is 2.43. The Balaban J connectivity index is 1.38. The maximum absolute atomic E-state index is 10.6. The van der Waals surface area contributed by atoms with Gasteiger partial charge in [0.1, 0.15) is 5.75 Å². The number of likely N-dealkylation sites (N-methyl/N-ethyl adjacent to an activating group) is 1. The Morgan fingerprint density at radius 3 is 2.85 bits per heavy atom. The van der Waals surface area contributed by atoms with E-state index in [1.54, 1.807) is 10.7 Å². The van der Waals surface area contributed by atoms with Crippen molar-refractivity contribution in [2.24, 2.45) is 12.5 Å². The molecule has 0 bridgehead atoms. The van der Waals surface area contributed by atoms with Crippen LogP contribution in [0.3, 0.4) is 0 Å². The zero-order valence-electron chi connectivity index (χ0n) is 19.1. The van der Waals surface area contributed by atoms with Crippen molar-refractivity contribution in [1.82, 2.24) is 24.6 Å². The summed E-state index contributed by atoms with van der Waals surface area (Å²) in [5, 5.41) is 17.3. The molecule has 2 aliphatic rings. The highest BCUT2D eigenvalue weighted by Gasteiger charge is 2.46. The second kappa shape index (κ2) is 7.30. The first-order chi connectivity index (χ1) is 15.8. The third kappa shape index (κ3) is 3.33. The van der Waals surface area contributed by atoms with Crippen LogP contribution in [-0.4, -0.2) is 62.5 Å². The largest absolute Gasteiger partial charge is 0.507 e. The lowest BCUT2D eigenvalue weighted by molar-refractivity contribution is 0.0865. The number of aromatic nitrogens is 4. The van der Waals surface area contributed by atoms with Crippen molar-refractivity contribution in [3.8, 4) is 17.0 Å². The van der Waals surface area contributed by atoms with Crippen molar-refractivity contribution in [2.45, 2.75) is 25.8 Å². The standard InChI is InChI=1S/C25H27ClN6O/c1-25-5-4-6-30(2)23(25)13-32(14-25)16-8-17-19(26)9-21(28-24(17)27-11-16)18-7-15-12-31(3)29-20(15)10-22(18)33/h7-12,23,33H,4-6,13-14H2,1-3H3/t23-,25+/m1/s1. The molecule has 2 aliphatic heterocycles. The van der Waals surface area contributed by atoms with E-state index >= 15 is 0 Å². The fraction of sp³-hybridized carbons (Fsp3) is 0.400. The minimum atomic E-state index is 0.123. The number of fused-ring (bicyclic) bond motifs is 3. The first-order valence-corrected chi connectivity index (χ1v) is 11.8. The Hall–Kier alpha value is -2.90. The van der Waals surface area contributed by atoms with Crippen LogP contribution in [0.4, 0.5) is 5.69 Å². The molecule has 2 fully saturated rings. The van der Waals surface area contributed by atoms with Crippen LogP contribution >= 0.6 is 11.6 Å². The predicted octanol–water partition coefficient (Wildman–Crippen LogP) is 4.46. The summed E-state index contributed by atoms with van der Waals surface area (Å²) >= 11 is 6.73. The van der Waals surface area contributed by atoms with Gasteiger partial charge >= 0.3 is 0 Å². The van der Waals surface area contributed by atoms with Gasteiger partial charge in [0.05, 0.1) is 28.1 Å². The number of benzene rings is 1. The highest BCUT2D eigenvalue weighted by molar-refractivity contribution is 6.35. The maximum atomic E-state index is 10.6. The van der Waals surface area contributed by atoms with Crippen LogP contribution in [-0.2, 0) is 7.05 Å². The average Bonchev–Trinajstić information content (AvgIpc) is 3.32. The molecular formula is C25H27ClN6O. The van der Waals surface area contributed by atoms with Gasteiger partial charge < -0.3 is 14.9 Å². The van der Waals surface area contributed by atoms with E-state index in [4.69, 9.17) is 16.6 Å². The molecule has 2 saturated heterocycles. The maximum Gasteiger partial charge on any atom is 0.161 e. The molecule has 1 aromatic carbocycles. The molecule has 0 unspecified atom stereocenters. The molecular weight excluding hydrogens is 436 g/mol. The van der Waals surface area contributed by atoms with Crippen molar-refractivity contribution in [1.29, 1.82) is 0 Å².